The van der Waals surface area contributed by atoms with Gasteiger partial charge in [0.2, 0.25) is 0 Å². The highest BCUT2D eigenvalue weighted by atomic mass is 16.3. The Hall–Kier alpha value is -0.860. The van der Waals surface area contributed by atoms with Crippen LogP contribution in [0.15, 0.2) is 30.3 Å². The van der Waals surface area contributed by atoms with Gasteiger partial charge in [-0.2, -0.15) is 0 Å². The number of nitrogens with one attached hydrogen (secondary N) is 1. The third-order valence-electron chi connectivity index (χ3n) is 2.74. The van der Waals surface area contributed by atoms with Crippen LogP contribution in [0.3, 0.4) is 0 Å². The van der Waals surface area contributed by atoms with Gasteiger partial charge in [-0.25, -0.2) is 0 Å². The summed E-state index contributed by atoms with van der Waals surface area (Å²) < 4.78 is 0. The minimum atomic E-state index is -0.346. The van der Waals surface area contributed by atoms with Crippen molar-refractivity contribution in [3.05, 3.63) is 35.9 Å². The fourth-order valence-corrected chi connectivity index (χ4v) is 1.57. The number of hydrogen-bond acceptors (Lipinski definition) is 2. The molecule has 2 heteroatoms. The van der Waals surface area contributed by atoms with Crippen molar-refractivity contribution in [1.29, 1.82) is 0 Å². The van der Waals surface area contributed by atoms with Crippen LogP contribution in [0, 0.1) is 0 Å². The van der Waals surface area contributed by atoms with Crippen LogP contribution in [-0.2, 0) is 0 Å². The van der Waals surface area contributed by atoms with Crippen molar-refractivity contribution in [3.8, 4) is 0 Å². The smallest absolute Gasteiger partial charge is 0.0730 e. The minimum absolute atomic E-state index is 0.0530. The molecule has 1 rings (SSSR count). The maximum Gasteiger partial charge on any atom is 0.0730 e. The van der Waals surface area contributed by atoms with Gasteiger partial charge < -0.3 is 10.4 Å². The molecular formula is C14H23NO. The molecule has 90 valence electrons. The average molecular weight is 221 g/mol. The first kappa shape index (κ1) is 13.2. The third kappa shape index (κ3) is 4.33. The van der Waals surface area contributed by atoms with Crippen molar-refractivity contribution in [3.63, 3.8) is 0 Å². The number of benzene rings is 1. The molecule has 2 atom stereocenters. The van der Waals surface area contributed by atoms with E-state index in [0.29, 0.717) is 6.54 Å². The molecule has 0 aliphatic carbocycles. The molecule has 0 radical (unpaired) electrons. The largest absolute Gasteiger partial charge is 0.391 e. The summed E-state index contributed by atoms with van der Waals surface area (Å²) >= 11 is 0. The van der Waals surface area contributed by atoms with Crippen molar-refractivity contribution in [1.82, 2.24) is 5.32 Å². The van der Waals surface area contributed by atoms with E-state index in [1.54, 1.807) is 0 Å². The molecule has 0 amide bonds. The van der Waals surface area contributed by atoms with Crippen LogP contribution in [0.1, 0.15) is 39.2 Å². The van der Waals surface area contributed by atoms with Crippen molar-refractivity contribution < 1.29 is 5.11 Å². The molecule has 0 saturated carbocycles. The molecule has 16 heavy (non-hydrogen) atoms. The van der Waals surface area contributed by atoms with E-state index in [9.17, 15) is 5.11 Å². The van der Waals surface area contributed by atoms with Gasteiger partial charge in [0.1, 0.15) is 0 Å². The monoisotopic (exact) mass is 221 g/mol. The first-order chi connectivity index (χ1) is 7.40. The van der Waals surface area contributed by atoms with E-state index in [1.165, 1.54) is 5.56 Å². The van der Waals surface area contributed by atoms with Crippen molar-refractivity contribution >= 4 is 0 Å². The Kier molecular flexibility index (Phi) is 4.51. The molecule has 0 aliphatic rings. The summed E-state index contributed by atoms with van der Waals surface area (Å²) in [6.45, 7) is 9.00. The lowest BCUT2D eigenvalue weighted by Crippen LogP contribution is -2.42. The van der Waals surface area contributed by atoms with Crippen LogP contribution in [0.5, 0.6) is 0 Å². The van der Waals surface area contributed by atoms with Gasteiger partial charge in [0.05, 0.1) is 6.10 Å². The molecule has 2 unspecified atom stereocenters. The summed E-state index contributed by atoms with van der Waals surface area (Å²) in [6, 6.07) is 10.1. The number of β-amino-alcohol motifs (C(OH)–C–C–N with tert-alkyl or cyclic N) is 1. The van der Waals surface area contributed by atoms with E-state index in [2.05, 4.69) is 45.1 Å². The molecule has 0 aliphatic heterocycles. The predicted octanol–water partition coefficient (Wildman–Crippen LogP) is 2.54. The lowest BCUT2D eigenvalue weighted by Gasteiger charge is -2.26. The minimum Gasteiger partial charge on any atom is -0.391 e. The Balaban J connectivity index is 2.52. The van der Waals surface area contributed by atoms with E-state index in [0.717, 1.165) is 0 Å². The maximum absolute atomic E-state index is 10.1. The molecule has 0 bridgehead atoms. The molecule has 0 saturated heterocycles. The zero-order chi connectivity index (χ0) is 12.2. The predicted molar refractivity (Wildman–Crippen MR) is 68.6 cm³/mol. The number of aliphatic hydroxyl groups excluding tert-OH is 1. The van der Waals surface area contributed by atoms with E-state index in [4.69, 9.17) is 0 Å². The van der Waals surface area contributed by atoms with Gasteiger partial charge in [-0.3, -0.25) is 0 Å². The van der Waals surface area contributed by atoms with E-state index in [-0.39, 0.29) is 17.6 Å². The van der Waals surface area contributed by atoms with Crippen molar-refractivity contribution in [2.75, 3.05) is 6.54 Å². The topological polar surface area (TPSA) is 32.3 Å². The Bertz CT molecular complexity index is 302. The van der Waals surface area contributed by atoms with Gasteiger partial charge in [-0.15, -0.1) is 0 Å². The highest BCUT2D eigenvalue weighted by Gasteiger charge is 2.18. The Morgan fingerprint density at radius 2 is 1.75 bits per heavy atom. The molecule has 2 N–H and O–H groups in total. The van der Waals surface area contributed by atoms with E-state index in [1.807, 2.05) is 18.2 Å². The maximum atomic E-state index is 10.1. The third-order valence-corrected chi connectivity index (χ3v) is 2.74. The Morgan fingerprint density at radius 3 is 2.25 bits per heavy atom. The second-order valence-electron chi connectivity index (χ2n) is 5.40. The van der Waals surface area contributed by atoms with Crippen molar-refractivity contribution in [2.45, 2.75) is 45.3 Å². The fraction of sp³-hybridized carbons (Fsp3) is 0.571. The van der Waals surface area contributed by atoms with Crippen LogP contribution in [-0.4, -0.2) is 23.3 Å². The summed E-state index contributed by atoms with van der Waals surface area (Å²) in [5.41, 5.74) is 1.24. The second kappa shape index (κ2) is 5.46. The van der Waals surface area contributed by atoms with Gasteiger partial charge in [0.15, 0.2) is 0 Å². The summed E-state index contributed by atoms with van der Waals surface area (Å²) in [5.74, 6) is 0.163. The molecule has 1 aromatic carbocycles. The summed E-state index contributed by atoms with van der Waals surface area (Å²) in [5, 5.41) is 13.4. The number of hydrogen-bond donors (Lipinski definition) is 2. The van der Waals surface area contributed by atoms with Crippen LogP contribution < -0.4 is 5.32 Å². The lowest BCUT2D eigenvalue weighted by molar-refractivity contribution is 0.137. The van der Waals surface area contributed by atoms with E-state index < -0.39 is 0 Å². The van der Waals surface area contributed by atoms with Crippen molar-refractivity contribution in [2.24, 2.45) is 0 Å². The normalized spacial score (nSPS) is 15.8. The molecule has 0 heterocycles. The van der Waals surface area contributed by atoms with Gasteiger partial charge in [0, 0.05) is 18.0 Å². The molecule has 0 spiro atoms. The Morgan fingerprint density at radius 1 is 1.19 bits per heavy atom. The number of rotatable bonds is 4. The van der Waals surface area contributed by atoms with Gasteiger partial charge >= 0.3 is 0 Å². The zero-order valence-electron chi connectivity index (χ0n) is 10.7. The first-order valence-electron chi connectivity index (χ1n) is 5.88. The fourth-order valence-electron chi connectivity index (χ4n) is 1.57. The molecule has 0 fully saturated rings. The van der Waals surface area contributed by atoms with Crippen LogP contribution in [0.25, 0.3) is 0 Å². The summed E-state index contributed by atoms with van der Waals surface area (Å²) in [4.78, 5) is 0. The van der Waals surface area contributed by atoms with E-state index >= 15 is 0 Å². The highest BCUT2D eigenvalue weighted by Crippen LogP contribution is 2.18. The van der Waals surface area contributed by atoms with Crippen LogP contribution in [0.2, 0.25) is 0 Å². The van der Waals surface area contributed by atoms with Gasteiger partial charge in [-0.05, 0) is 26.3 Å². The Labute approximate surface area is 98.7 Å². The molecule has 0 aromatic heterocycles. The highest BCUT2D eigenvalue weighted by molar-refractivity contribution is 5.19. The quantitative estimate of drug-likeness (QED) is 0.819. The van der Waals surface area contributed by atoms with Gasteiger partial charge in [0.25, 0.3) is 0 Å². The molecule has 1 aromatic rings. The summed E-state index contributed by atoms with van der Waals surface area (Å²) in [7, 11) is 0. The SMILES string of the molecule is CC(c1ccccc1)C(O)CNC(C)(C)C. The summed E-state index contributed by atoms with van der Waals surface area (Å²) in [6.07, 6.45) is -0.346. The molecular weight excluding hydrogens is 198 g/mol. The van der Waals surface area contributed by atoms with Gasteiger partial charge in [-0.1, -0.05) is 37.3 Å². The molecule has 2 nitrogen and oxygen atoms in total. The first-order valence-corrected chi connectivity index (χ1v) is 5.88. The second-order valence-corrected chi connectivity index (χ2v) is 5.40. The zero-order valence-corrected chi connectivity index (χ0v) is 10.7. The van der Waals surface area contributed by atoms with Crippen LogP contribution >= 0.6 is 0 Å². The average Bonchev–Trinajstić information content (AvgIpc) is 2.25. The number of aliphatic hydroxyl groups is 1. The van der Waals surface area contributed by atoms with Crippen LogP contribution in [0.4, 0.5) is 0 Å². The lowest BCUT2D eigenvalue weighted by atomic mass is 9.95. The standard InChI is InChI=1S/C14H23NO/c1-11(12-8-6-5-7-9-12)13(16)10-15-14(2,3)4/h5-9,11,13,15-16H,10H2,1-4H3.